The van der Waals surface area contributed by atoms with Crippen LogP contribution < -0.4 is 5.32 Å². The van der Waals surface area contributed by atoms with E-state index >= 15 is 0 Å². The van der Waals surface area contributed by atoms with E-state index in [9.17, 15) is 4.79 Å². The predicted molar refractivity (Wildman–Crippen MR) is 71.2 cm³/mol. The SMILES string of the molecule is CCCCN1C(C=O)C(Cl)=NC1C1COCCN1. The molecule has 3 unspecified atom stereocenters. The maximum absolute atomic E-state index is 11.2. The van der Waals surface area contributed by atoms with Crippen LogP contribution in [0.2, 0.25) is 0 Å². The minimum atomic E-state index is -0.382. The van der Waals surface area contributed by atoms with E-state index in [2.05, 4.69) is 22.1 Å². The van der Waals surface area contributed by atoms with E-state index in [1.54, 1.807) is 0 Å². The quantitative estimate of drug-likeness (QED) is 0.746. The van der Waals surface area contributed by atoms with Crippen molar-refractivity contribution in [2.75, 3.05) is 26.3 Å². The Balaban J connectivity index is 2.07. The smallest absolute Gasteiger partial charge is 0.144 e. The molecule has 0 spiro atoms. The van der Waals surface area contributed by atoms with Crippen LogP contribution in [0.3, 0.4) is 0 Å². The van der Waals surface area contributed by atoms with Crippen molar-refractivity contribution in [3.05, 3.63) is 0 Å². The highest BCUT2D eigenvalue weighted by molar-refractivity contribution is 6.68. The number of carbonyl (C=O) groups excluding carboxylic acids is 1. The highest BCUT2D eigenvalue weighted by Crippen LogP contribution is 2.23. The topological polar surface area (TPSA) is 53.9 Å². The van der Waals surface area contributed by atoms with Crippen molar-refractivity contribution in [3.63, 3.8) is 0 Å². The van der Waals surface area contributed by atoms with E-state index in [0.29, 0.717) is 11.8 Å². The standard InChI is InChI=1S/C12H20ClN3O2/c1-2-3-5-16-10(7-17)11(13)15-12(16)9-8-18-6-4-14-9/h7,9-10,12,14H,2-6,8H2,1H3. The molecule has 2 aliphatic heterocycles. The van der Waals surface area contributed by atoms with E-state index in [0.717, 1.165) is 38.8 Å². The average Bonchev–Trinajstić information content (AvgIpc) is 2.73. The lowest BCUT2D eigenvalue weighted by molar-refractivity contribution is -0.111. The molecular formula is C12H20ClN3O2. The number of carbonyl (C=O) groups is 1. The Labute approximate surface area is 113 Å². The van der Waals surface area contributed by atoms with Crippen LogP contribution in [0.4, 0.5) is 0 Å². The van der Waals surface area contributed by atoms with Crippen molar-refractivity contribution in [2.24, 2.45) is 4.99 Å². The van der Waals surface area contributed by atoms with Crippen LogP contribution in [-0.2, 0) is 9.53 Å². The first kappa shape index (κ1) is 13.9. The second-order valence-corrected chi connectivity index (χ2v) is 5.06. The number of aldehydes is 1. The first-order chi connectivity index (χ1) is 8.77. The van der Waals surface area contributed by atoms with Gasteiger partial charge < -0.3 is 14.8 Å². The largest absolute Gasteiger partial charge is 0.378 e. The molecule has 6 heteroatoms. The molecule has 0 aliphatic carbocycles. The van der Waals surface area contributed by atoms with Crippen LogP contribution in [0.15, 0.2) is 4.99 Å². The molecule has 3 atom stereocenters. The maximum Gasteiger partial charge on any atom is 0.144 e. The van der Waals surface area contributed by atoms with Crippen molar-refractivity contribution < 1.29 is 9.53 Å². The summed E-state index contributed by atoms with van der Waals surface area (Å²) in [5.74, 6) is 0. The molecule has 0 amide bonds. The van der Waals surface area contributed by atoms with E-state index < -0.39 is 0 Å². The number of halogens is 1. The fourth-order valence-corrected chi connectivity index (χ4v) is 2.70. The van der Waals surface area contributed by atoms with E-state index in [1.807, 2.05) is 0 Å². The molecule has 2 rings (SSSR count). The number of rotatable bonds is 5. The molecule has 0 aromatic carbocycles. The van der Waals surface area contributed by atoms with Crippen LogP contribution in [0.25, 0.3) is 0 Å². The van der Waals surface area contributed by atoms with Gasteiger partial charge in [0.25, 0.3) is 0 Å². The number of nitrogens with zero attached hydrogens (tertiary/aromatic N) is 2. The fraction of sp³-hybridized carbons (Fsp3) is 0.833. The lowest BCUT2D eigenvalue weighted by atomic mass is 10.1. The molecule has 1 fully saturated rings. The number of nitrogens with one attached hydrogen (secondary N) is 1. The second kappa shape index (κ2) is 6.61. The summed E-state index contributed by atoms with van der Waals surface area (Å²) in [6, 6.07) is -0.263. The molecule has 2 heterocycles. The van der Waals surface area contributed by atoms with Crippen molar-refractivity contribution in [1.29, 1.82) is 0 Å². The van der Waals surface area contributed by atoms with E-state index in [-0.39, 0.29) is 18.2 Å². The van der Waals surface area contributed by atoms with Crippen LogP contribution in [0, 0.1) is 0 Å². The highest BCUT2D eigenvalue weighted by Gasteiger charge is 2.39. The molecule has 5 nitrogen and oxygen atoms in total. The van der Waals surface area contributed by atoms with E-state index in [1.165, 1.54) is 0 Å². The highest BCUT2D eigenvalue weighted by atomic mass is 35.5. The minimum absolute atomic E-state index is 0.0838. The van der Waals surface area contributed by atoms with Gasteiger partial charge in [0, 0.05) is 13.1 Å². The van der Waals surface area contributed by atoms with Gasteiger partial charge in [-0.15, -0.1) is 0 Å². The predicted octanol–water partition coefficient (Wildman–Crippen LogP) is 0.621. The minimum Gasteiger partial charge on any atom is -0.378 e. The molecule has 0 saturated carbocycles. The van der Waals surface area contributed by atoms with Gasteiger partial charge in [-0.25, -0.2) is 0 Å². The van der Waals surface area contributed by atoms with Crippen molar-refractivity contribution >= 4 is 23.1 Å². The number of hydrogen-bond donors (Lipinski definition) is 1. The number of unbranched alkanes of at least 4 members (excludes halogenated alkanes) is 1. The monoisotopic (exact) mass is 273 g/mol. The molecule has 0 bridgehead atoms. The Morgan fingerprint density at radius 2 is 2.50 bits per heavy atom. The van der Waals surface area contributed by atoms with Gasteiger partial charge in [0.2, 0.25) is 0 Å². The molecule has 1 N–H and O–H groups in total. The first-order valence-electron chi connectivity index (χ1n) is 6.53. The number of hydrogen-bond acceptors (Lipinski definition) is 5. The summed E-state index contributed by atoms with van der Waals surface area (Å²) in [6.45, 7) is 5.13. The third-order valence-corrected chi connectivity index (χ3v) is 3.73. The molecule has 102 valence electrons. The fourth-order valence-electron chi connectivity index (χ4n) is 2.42. The van der Waals surface area contributed by atoms with Gasteiger partial charge in [-0.1, -0.05) is 24.9 Å². The molecule has 0 aromatic heterocycles. The Bertz CT molecular complexity index is 318. The van der Waals surface area contributed by atoms with Crippen molar-refractivity contribution in [3.8, 4) is 0 Å². The van der Waals surface area contributed by atoms with Gasteiger partial charge in [0.05, 0.1) is 19.3 Å². The van der Waals surface area contributed by atoms with Crippen LogP contribution in [-0.4, -0.2) is 60.9 Å². The third-order valence-electron chi connectivity index (χ3n) is 3.41. The van der Waals surface area contributed by atoms with Crippen molar-refractivity contribution in [1.82, 2.24) is 10.2 Å². The molecule has 0 aromatic rings. The molecule has 18 heavy (non-hydrogen) atoms. The Morgan fingerprint density at radius 3 is 3.11 bits per heavy atom. The summed E-state index contributed by atoms with van der Waals surface area (Å²) in [7, 11) is 0. The van der Waals surface area contributed by atoms with Crippen molar-refractivity contribution in [2.45, 2.75) is 38.0 Å². The van der Waals surface area contributed by atoms with E-state index in [4.69, 9.17) is 16.3 Å². The van der Waals surface area contributed by atoms with Gasteiger partial charge in [-0.3, -0.25) is 9.89 Å². The molecule has 0 radical (unpaired) electrons. The summed E-state index contributed by atoms with van der Waals surface area (Å²) >= 11 is 6.07. The second-order valence-electron chi connectivity index (χ2n) is 4.67. The third kappa shape index (κ3) is 2.91. The Hall–Kier alpha value is -0.490. The van der Waals surface area contributed by atoms with Crippen LogP contribution >= 0.6 is 11.6 Å². The summed E-state index contributed by atoms with van der Waals surface area (Å²) in [5.41, 5.74) is 0. The summed E-state index contributed by atoms with van der Waals surface area (Å²) in [4.78, 5) is 17.7. The zero-order chi connectivity index (χ0) is 13.0. The molecule has 2 aliphatic rings. The zero-order valence-electron chi connectivity index (χ0n) is 10.6. The number of ether oxygens (including phenoxy) is 1. The van der Waals surface area contributed by atoms with Gasteiger partial charge in [0.15, 0.2) is 0 Å². The van der Waals surface area contributed by atoms with Crippen LogP contribution in [0.1, 0.15) is 19.8 Å². The van der Waals surface area contributed by atoms with Gasteiger partial charge in [-0.05, 0) is 6.42 Å². The normalized spacial score (nSPS) is 33.4. The lowest BCUT2D eigenvalue weighted by Gasteiger charge is -2.34. The lowest BCUT2D eigenvalue weighted by Crippen LogP contribution is -2.55. The van der Waals surface area contributed by atoms with Gasteiger partial charge in [-0.2, -0.15) is 0 Å². The van der Waals surface area contributed by atoms with Gasteiger partial charge in [0.1, 0.15) is 23.7 Å². The van der Waals surface area contributed by atoms with Crippen LogP contribution in [0.5, 0.6) is 0 Å². The average molecular weight is 274 g/mol. The Kier molecular flexibility index (Phi) is 5.12. The number of aliphatic imine (C=N–C) groups is 1. The molecule has 1 saturated heterocycles. The zero-order valence-corrected chi connectivity index (χ0v) is 11.4. The maximum atomic E-state index is 11.2. The summed E-state index contributed by atoms with van der Waals surface area (Å²) in [6.07, 6.45) is 2.92. The van der Waals surface area contributed by atoms with Gasteiger partial charge >= 0.3 is 0 Å². The summed E-state index contributed by atoms with van der Waals surface area (Å²) in [5, 5.41) is 3.79. The first-order valence-corrected chi connectivity index (χ1v) is 6.91. The number of morpholine rings is 1. The summed E-state index contributed by atoms with van der Waals surface area (Å²) < 4.78 is 5.46. The Morgan fingerprint density at radius 1 is 1.67 bits per heavy atom. The molecular weight excluding hydrogens is 254 g/mol.